The van der Waals surface area contributed by atoms with Crippen LogP contribution in [0.1, 0.15) is 24.1 Å². The minimum atomic E-state index is 0.0387. The van der Waals surface area contributed by atoms with Crippen molar-refractivity contribution in [3.63, 3.8) is 0 Å². The number of nitrogens with zero attached hydrogens (tertiary/aromatic N) is 3. The summed E-state index contributed by atoms with van der Waals surface area (Å²) in [6.07, 6.45) is 1.77. The van der Waals surface area contributed by atoms with E-state index in [0.29, 0.717) is 13.1 Å². The van der Waals surface area contributed by atoms with E-state index in [-0.39, 0.29) is 12.5 Å². The minimum Gasteiger partial charge on any atom is -0.396 e. The number of aliphatic hydroxyl groups is 1. The number of aliphatic hydroxyl groups excluding tert-OH is 1. The van der Waals surface area contributed by atoms with Crippen LogP contribution in [-0.2, 0) is 13.6 Å². The Morgan fingerprint density at radius 2 is 2.04 bits per heavy atom. The lowest BCUT2D eigenvalue weighted by atomic mass is 10.0. The first-order valence-corrected chi connectivity index (χ1v) is 7.89. The maximum absolute atomic E-state index is 9.63. The Kier molecular flexibility index (Phi) is 6.62. The van der Waals surface area contributed by atoms with Crippen LogP contribution in [0.2, 0.25) is 0 Å². The van der Waals surface area contributed by atoms with Gasteiger partial charge in [-0.2, -0.15) is 5.10 Å². The van der Waals surface area contributed by atoms with E-state index in [1.54, 1.807) is 6.20 Å². The number of aliphatic imine (C=N–C) groups is 1. The molecule has 1 aromatic carbocycles. The summed E-state index contributed by atoms with van der Waals surface area (Å²) in [5, 5.41) is 20.3. The fraction of sp³-hybridized carbons (Fsp3) is 0.412. The summed E-state index contributed by atoms with van der Waals surface area (Å²) < 4.78 is 1.81. The first-order chi connectivity index (χ1) is 11.2. The number of hydrogen-bond acceptors (Lipinski definition) is 3. The van der Waals surface area contributed by atoms with Gasteiger partial charge in [0.05, 0.1) is 18.8 Å². The first kappa shape index (κ1) is 17.0. The number of guanidine groups is 1. The molecule has 2 rings (SSSR count). The van der Waals surface area contributed by atoms with Crippen LogP contribution >= 0.6 is 0 Å². The highest BCUT2D eigenvalue weighted by Crippen LogP contribution is 2.13. The molecule has 0 bridgehead atoms. The highest BCUT2D eigenvalue weighted by Gasteiger charge is 2.10. The Balaban J connectivity index is 1.97. The van der Waals surface area contributed by atoms with Crippen LogP contribution in [0.4, 0.5) is 0 Å². The number of aryl methyl sites for hydroxylation is 1. The number of benzene rings is 1. The molecule has 0 aliphatic carbocycles. The predicted octanol–water partition coefficient (Wildman–Crippen LogP) is 1.25. The van der Waals surface area contributed by atoms with E-state index in [1.807, 2.05) is 55.1 Å². The number of aromatic nitrogens is 2. The van der Waals surface area contributed by atoms with Gasteiger partial charge in [0, 0.05) is 32.3 Å². The second-order valence-corrected chi connectivity index (χ2v) is 5.31. The molecule has 0 aliphatic heterocycles. The SMILES string of the molecule is CCNC(=NCc1ccnn1C)NCC(CO)c1ccccc1. The molecule has 3 N–H and O–H groups in total. The van der Waals surface area contributed by atoms with Crippen LogP contribution in [-0.4, -0.2) is 40.5 Å². The van der Waals surface area contributed by atoms with Crippen LogP contribution in [0.5, 0.6) is 0 Å². The molecule has 124 valence electrons. The maximum Gasteiger partial charge on any atom is 0.191 e. The van der Waals surface area contributed by atoms with Gasteiger partial charge in [-0.05, 0) is 18.6 Å². The summed E-state index contributed by atoms with van der Waals surface area (Å²) in [5.41, 5.74) is 2.16. The summed E-state index contributed by atoms with van der Waals surface area (Å²) in [4.78, 5) is 4.57. The molecule has 6 nitrogen and oxygen atoms in total. The number of hydrogen-bond donors (Lipinski definition) is 3. The van der Waals surface area contributed by atoms with Crippen LogP contribution in [0, 0.1) is 0 Å². The molecule has 0 saturated heterocycles. The molecule has 1 aromatic heterocycles. The Labute approximate surface area is 137 Å². The third-order valence-corrected chi connectivity index (χ3v) is 3.67. The minimum absolute atomic E-state index is 0.0387. The summed E-state index contributed by atoms with van der Waals surface area (Å²) >= 11 is 0. The highest BCUT2D eigenvalue weighted by atomic mass is 16.3. The Morgan fingerprint density at radius 1 is 1.26 bits per heavy atom. The van der Waals surface area contributed by atoms with Gasteiger partial charge >= 0.3 is 0 Å². The molecule has 1 unspecified atom stereocenters. The van der Waals surface area contributed by atoms with E-state index in [1.165, 1.54) is 0 Å². The van der Waals surface area contributed by atoms with E-state index in [0.717, 1.165) is 23.8 Å². The van der Waals surface area contributed by atoms with Gasteiger partial charge in [-0.3, -0.25) is 4.68 Å². The highest BCUT2D eigenvalue weighted by molar-refractivity contribution is 5.79. The van der Waals surface area contributed by atoms with Crippen molar-refractivity contribution in [1.82, 2.24) is 20.4 Å². The second-order valence-electron chi connectivity index (χ2n) is 5.31. The van der Waals surface area contributed by atoms with E-state index in [4.69, 9.17) is 0 Å². The Hall–Kier alpha value is -2.34. The number of rotatable bonds is 7. The van der Waals surface area contributed by atoms with Crippen molar-refractivity contribution in [3.8, 4) is 0 Å². The molecule has 0 radical (unpaired) electrons. The Bertz CT molecular complexity index is 608. The summed E-state index contributed by atoms with van der Waals surface area (Å²) in [6.45, 7) is 4.09. The second kappa shape index (κ2) is 8.95. The summed E-state index contributed by atoms with van der Waals surface area (Å²) in [6, 6.07) is 12.0. The van der Waals surface area contributed by atoms with Crippen molar-refractivity contribution in [1.29, 1.82) is 0 Å². The fourth-order valence-corrected chi connectivity index (χ4v) is 2.29. The van der Waals surface area contributed by atoms with Crippen LogP contribution in [0.25, 0.3) is 0 Å². The molecule has 0 spiro atoms. The summed E-state index contributed by atoms with van der Waals surface area (Å²) in [5.74, 6) is 0.778. The third-order valence-electron chi connectivity index (χ3n) is 3.67. The van der Waals surface area contributed by atoms with Crippen LogP contribution in [0.3, 0.4) is 0 Å². The maximum atomic E-state index is 9.63. The van der Waals surface area contributed by atoms with E-state index < -0.39 is 0 Å². The smallest absolute Gasteiger partial charge is 0.191 e. The summed E-state index contributed by atoms with van der Waals surface area (Å²) in [7, 11) is 1.91. The molecule has 0 saturated carbocycles. The number of nitrogens with one attached hydrogen (secondary N) is 2. The van der Waals surface area contributed by atoms with Crippen LogP contribution < -0.4 is 10.6 Å². The topological polar surface area (TPSA) is 74.5 Å². The molecule has 1 heterocycles. The standard InChI is InChI=1S/C17H25N5O/c1-3-18-17(20-12-16-9-10-21-22(16)2)19-11-15(13-23)14-7-5-4-6-8-14/h4-10,15,23H,3,11-13H2,1-2H3,(H2,18,19,20). The van der Waals surface area contributed by atoms with Crippen molar-refractivity contribution in [2.24, 2.45) is 12.0 Å². The van der Waals surface area contributed by atoms with Gasteiger partial charge in [0.1, 0.15) is 0 Å². The molecule has 0 amide bonds. The fourth-order valence-electron chi connectivity index (χ4n) is 2.29. The van der Waals surface area contributed by atoms with Gasteiger partial charge in [-0.1, -0.05) is 30.3 Å². The quantitative estimate of drug-likeness (QED) is 0.531. The molecule has 2 aromatic rings. The van der Waals surface area contributed by atoms with Crippen molar-refractivity contribution in [2.45, 2.75) is 19.4 Å². The van der Waals surface area contributed by atoms with Crippen molar-refractivity contribution >= 4 is 5.96 Å². The van der Waals surface area contributed by atoms with E-state index in [2.05, 4.69) is 20.7 Å². The van der Waals surface area contributed by atoms with Crippen molar-refractivity contribution in [3.05, 3.63) is 53.9 Å². The predicted molar refractivity (Wildman–Crippen MR) is 92.3 cm³/mol. The Morgan fingerprint density at radius 3 is 2.65 bits per heavy atom. The molecule has 0 aliphatic rings. The van der Waals surface area contributed by atoms with Crippen LogP contribution in [0.15, 0.2) is 47.6 Å². The molecular formula is C17H25N5O. The molecular weight excluding hydrogens is 290 g/mol. The van der Waals surface area contributed by atoms with E-state index in [9.17, 15) is 5.11 Å². The zero-order chi connectivity index (χ0) is 16.5. The van der Waals surface area contributed by atoms with Gasteiger partial charge in [-0.15, -0.1) is 0 Å². The normalized spacial score (nSPS) is 12.9. The van der Waals surface area contributed by atoms with Gasteiger partial charge < -0.3 is 15.7 Å². The average molecular weight is 315 g/mol. The van der Waals surface area contributed by atoms with Crippen molar-refractivity contribution < 1.29 is 5.11 Å². The third kappa shape index (κ3) is 5.10. The molecule has 1 atom stereocenters. The lowest BCUT2D eigenvalue weighted by Crippen LogP contribution is -2.40. The van der Waals surface area contributed by atoms with Crippen molar-refractivity contribution in [2.75, 3.05) is 19.7 Å². The van der Waals surface area contributed by atoms with Gasteiger partial charge in [0.25, 0.3) is 0 Å². The lowest BCUT2D eigenvalue weighted by Gasteiger charge is -2.18. The molecule has 6 heteroatoms. The molecule has 0 fully saturated rings. The van der Waals surface area contributed by atoms with Gasteiger partial charge in [0.15, 0.2) is 5.96 Å². The average Bonchev–Trinajstić information content (AvgIpc) is 2.99. The lowest BCUT2D eigenvalue weighted by molar-refractivity contribution is 0.265. The van der Waals surface area contributed by atoms with Gasteiger partial charge in [0.2, 0.25) is 0 Å². The first-order valence-electron chi connectivity index (χ1n) is 7.89. The zero-order valence-electron chi connectivity index (χ0n) is 13.7. The van der Waals surface area contributed by atoms with Gasteiger partial charge in [-0.25, -0.2) is 4.99 Å². The largest absolute Gasteiger partial charge is 0.396 e. The molecule has 23 heavy (non-hydrogen) atoms. The zero-order valence-corrected chi connectivity index (χ0v) is 13.7. The monoisotopic (exact) mass is 315 g/mol. The van der Waals surface area contributed by atoms with E-state index >= 15 is 0 Å².